The monoisotopic (exact) mass is 480 g/mol. The third-order valence-corrected chi connectivity index (χ3v) is 6.64. The summed E-state index contributed by atoms with van der Waals surface area (Å²) in [5.41, 5.74) is 4.62. The molecular formula is C27H32N2O6. The first-order valence-electron chi connectivity index (χ1n) is 12.2. The van der Waals surface area contributed by atoms with Crippen LogP contribution in [0.25, 0.3) is 11.1 Å². The molecule has 8 nitrogen and oxygen atoms in total. The summed E-state index contributed by atoms with van der Waals surface area (Å²) in [6.07, 6.45) is 0.936. The quantitative estimate of drug-likeness (QED) is 0.476. The Kier molecular flexibility index (Phi) is 8.02. The SMILES string of the molecule is CCC[C@@H](CC(=O)NCC1CCC(C(=O)O)O1)NC(=O)OCC1c2ccccc2-c2ccccc21. The normalized spacial score (nSPS) is 19.5. The van der Waals surface area contributed by atoms with Crippen molar-refractivity contribution >= 4 is 18.0 Å². The summed E-state index contributed by atoms with van der Waals surface area (Å²) in [5.74, 6) is -1.22. The number of nitrogens with one attached hydrogen (secondary N) is 2. The highest BCUT2D eigenvalue weighted by atomic mass is 16.5. The van der Waals surface area contributed by atoms with Gasteiger partial charge in [0.1, 0.15) is 6.61 Å². The maximum absolute atomic E-state index is 12.6. The number of fused-ring (bicyclic) bond motifs is 3. The molecule has 1 heterocycles. The van der Waals surface area contributed by atoms with Crippen molar-refractivity contribution in [2.75, 3.05) is 13.2 Å². The molecule has 35 heavy (non-hydrogen) atoms. The first kappa shape index (κ1) is 24.7. The number of ether oxygens (including phenoxy) is 2. The van der Waals surface area contributed by atoms with Gasteiger partial charge in [-0.2, -0.15) is 0 Å². The largest absolute Gasteiger partial charge is 0.479 e. The van der Waals surface area contributed by atoms with Gasteiger partial charge < -0.3 is 25.2 Å². The van der Waals surface area contributed by atoms with Crippen LogP contribution in [-0.4, -0.2) is 54.5 Å². The number of alkyl carbamates (subject to hydrolysis) is 1. The van der Waals surface area contributed by atoms with Gasteiger partial charge in [0, 0.05) is 24.9 Å². The number of hydrogen-bond acceptors (Lipinski definition) is 5. The van der Waals surface area contributed by atoms with Gasteiger partial charge in [-0.15, -0.1) is 0 Å². The van der Waals surface area contributed by atoms with Crippen molar-refractivity contribution < 1.29 is 29.0 Å². The third kappa shape index (κ3) is 6.00. The van der Waals surface area contributed by atoms with Crippen molar-refractivity contribution in [2.45, 2.75) is 63.2 Å². The summed E-state index contributed by atoms with van der Waals surface area (Å²) in [6, 6.07) is 16.0. The molecule has 0 saturated carbocycles. The number of carbonyl (C=O) groups is 3. The zero-order valence-corrected chi connectivity index (χ0v) is 19.9. The molecule has 2 aromatic rings. The van der Waals surface area contributed by atoms with Gasteiger partial charge in [-0.25, -0.2) is 9.59 Å². The molecule has 2 aliphatic rings. The van der Waals surface area contributed by atoms with Crippen LogP contribution in [0.5, 0.6) is 0 Å². The van der Waals surface area contributed by atoms with E-state index in [0.717, 1.165) is 17.5 Å². The molecule has 0 bridgehead atoms. The van der Waals surface area contributed by atoms with E-state index in [1.54, 1.807) is 0 Å². The fourth-order valence-corrected chi connectivity index (χ4v) is 4.94. The molecular weight excluding hydrogens is 448 g/mol. The standard InChI is InChI=1S/C27H32N2O6/c1-2-7-17(14-25(30)28-15-18-12-13-24(35-18)26(31)32)29-27(33)34-16-23-21-10-5-3-8-19(21)20-9-4-6-11-22(20)23/h3-6,8-11,17-18,23-24H,2,7,12-16H2,1H3,(H,28,30)(H,29,33)(H,31,32)/t17-,18?,24?/m0/s1. The average molecular weight is 481 g/mol. The van der Waals surface area contributed by atoms with Gasteiger partial charge in [0.25, 0.3) is 0 Å². The minimum atomic E-state index is -0.978. The van der Waals surface area contributed by atoms with E-state index in [-0.39, 0.29) is 43.5 Å². The molecule has 0 spiro atoms. The molecule has 1 aliphatic carbocycles. The Hall–Kier alpha value is -3.39. The Morgan fingerprint density at radius 1 is 1.06 bits per heavy atom. The van der Waals surface area contributed by atoms with Crippen molar-refractivity contribution in [2.24, 2.45) is 0 Å². The zero-order valence-electron chi connectivity index (χ0n) is 19.9. The van der Waals surface area contributed by atoms with E-state index in [4.69, 9.17) is 14.6 Å². The molecule has 1 aliphatic heterocycles. The van der Waals surface area contributed by atoms with E-state index in [1.165, 1.54) is 11.1 Å². The Morgan fingerprint density at radius 3 is 2.31 bits per heavy atom. The smallest absolute Gasteiger partial charge is 0.407 e. The average Bonchev–Trinajstić information content (AvgIpc) is 3.45. The van der Waals surface area contributed by atoms with Gasteiger partial charge in [0.2, 0.25) is 5.91 Å². The van der Waals surface area contributed by atoms with Gasteiger partial charge in [-0.05, 0) is 41.5 Å². The molecule has 1 fully saturated rings. The van der Waals surface area contributed by atoms with Gasteiger partial charge in [0.15, 0.2) is 6.10 Å². The van der Waals surface area contributed by atoms with E-state index in [9.17, 15) is 14.4 Å². The summed E-state index contributed by atoms with van der Waals surface area (Å²) < 4.78 is 11.0. The molecule has 2 unspecified atom stereocenters. The second-order valence-corrected chi connectivity index (χ2v) is 9.13. The predicted molar refractivity (Wildman–Crippen MR) is 130 cm³/mol. The second-order valence-electron chi connectivity index (χ2n) is 9.13. The summed E-state index contributed by atoms with van der Waals surface area (Å²) >= 11 is 0. The maximum Gasteiger partial charge on any atom is 0.407 e. The minimum Gasteiger partial charge on any atom is -0.479 e. The fraction of sp³-hybridized carbons (Fsp3) is 0.444. The van der Waals surface area contributed by atoms with Crippen molar-refractivity contribution in [1.29, 1.82) is 0 Å². The van der Waals surface area contributed by atoms with Crippen molar-refractivity contribution in [3.63, 3.8) is 0 Å². The number of carboxylic acids is 1. The maximum atomic E-state index is 12.6. The fourth-order valence-electron chi connectivity index (χ4n) is 4.94. The van der Waals surface area contributed by atoms with Crippen LogP contribution in [0.15, 0.2) is 48.5 Å². The molecule has 3 atom stereocenters. The second kappa shape index (κ2) is 11.4. The van der Waals surface area contributed by atoms with E-state index >= 15 is 0 Å². The van der Waals surface area contributed by atoms with E-state index in [2.05, 4.69) is 34.9 Å². The molecule has 1 saturated heterocycles. The van der Waals surface area contributed by atoms with Crippen LogP contribution in [0.2, 0.25) is 0 Å². The van der Waals surface area contributed by atoms with Crippen LogP contribution in [0.3, 0.4) is 0 Å². The van der Waals surface area contributed by atoms with E-state index < -0.39 is 18.2 Å². The van der Waals surface area contributed by atoms with Crippen molar-refractivity contribution in [3.05, 3.63) is 59.7 Å². The highest BCUT2D eigenvalue weighted by Gasteiger charge is 2.31. The predicted octanol–water partition coefficient (Wildman–Crippen LogP) is 3.83. The Balaban J connectivity index is 1.27. The number of carboxylic acid groups (broad SMARTS) is 1. The number of benzene rings is 2. The first-order valence-corrected chi connectivity index (χ1v) is 12.2. The highest BCUT2D eigenvalue weighted by Crippen LogP contribution is 2.44. The minimum absolute atomic E-state index is 0.0258. The first-order chi connectivity index (χ1) is 17.0. The number of rotatable bonds is 10. The lowest BCUT2D eigenvalue weighted by atomic mass is 9.98. The van der Waals surface area contributed by atoms with Crippen LogP contribution in [0, 0.1) is 0 Å². The third-order valence-electron chi connectivity index (χ3n) is 6.64. The number of aliphatic carboxylic acids is 1. The van der Waals surface area contributed by atoms with Crippen LogP contribution < -0.4 is 10.6 Å². The van der Waals surface area contributed by atoms with Gasteiger partial charge in [-0.3, -0.25) is 4.79 Å². The molecule has 0 radical (unpaired) electrons. The highest BCUT2D eigenvalue weighted by molar-refractivity contribution is 5.79. The summed E-state index contributed by atoms with van der Waals surface area (Å²) in [5, 5.41) is 14.7. The molecule has 3 N–H and O–H groups in total. The number of amides is 2. The number of hydrogen-bond donors (Lipinski definition) is 3. The lowest BCUT2D eigenvalue weighted by Gasteiger charge is -2.20. The van der Waals surface area contributed by atoms with Crippen LogP contribution in [0.4, 0.5) is 4.79 Å². The summed E-state index contributed by atoms with van der Waals surface area (Å²) in [7, 11) is 0. The van der Waals surface area contributed by atoms with Crippen LogP contribution in [-0.2, 0) is 19.1 Å². The number of carbonyl (C=O) groups excluding carboxylic acids is 2. The van der Waals surface area contributed by atoms with Gasteiger partial charge in [0.05, 0.1) is 6.10 Å². The molecule has 186 valence electrons. The lowest BCUT2D eigenvalue weighted by molar-refractivity contribution is -0.149. The van der Waals surface area contributed by atoms with Crippen LogP contribution in [0.1, 0.15) is 56.1 Å². The van der Waals surface area contributed by atoms with Crippen LogP contribution >= 0.6 is 0 Å². The Morgan fingerprint density at radius 2 is 1.71 bits per heavy atom. The van der Waals surface area contributed by atoms with E-state index in [1.807, 2.05) is 31.2 Å². The van der Waals surface area contributed by atoms with Crippen molar-refractivity contribution in [3.8, 4) is 11.1 Å². The molecule has 8 heteroatoms. The van der Waals surface area contributed by atoms with E-state index in [0.29, 0.717) is 19.3 Å². The van der Waals surface area contributed by atoms with Gasteiger partial charge in [-0.1, -0.05) is 61.9 Å². The lowest BCUT2D eigenvalue weighted by Crippen LogP contribution is -2.41. The van der Waals surface area contributed by atoms with Gasteiger partial charge >= 0.3 is 12.1 Å². The zero-order chi connectivity index (χ0) is 24.8. The topological polar surface area (TPSA) is 114 Å². The Labute approximate surface area is 205 Å². The molecule has 0 aromatic heterocycles. The molecule has 2 aromatic carbocycles. The van der Waals surface area contributed by atoms with Crippen molar-refractivity contribution in [1.82, 2.24) is 10.6 Å². The molecule has 2 amide bonds. The summed E-state index contributed by atoms with van der Waals surface area (Å²) in [4.78, 5) is 36.1. The molecule has 4 rings (SSSR count). The Bertz CT molecular complexity index is 1030. The summed E-state index contributed by atoms with van der Waals surface area (Å²) in [6.45, 7) is 2.46.